The number of nitrogens with zero attached hydrogens (tertiary/aromatic N) is 4. The van der Waals surface area contributed by atoms with Crippen molar-refractivity contribution in [2.24, 2.45) is 5.92 Å². The number of aryl methyl sites for hydroxylation is 3. The van der Waals surface area contributed by atoms with E-state index in [2.05, 4.69) is 65.7 Å². The lowest BCUT2D eigenvalue weighted by molar-refractivity contribution is -0.130. The average Bonchev–Trinajstić information content (AvgIpc) is 3.48. The summed E-state index contributed by atoms with van der Waals surface area (Å²) in [4.78, 5) is 18.3. The van der Waals surface area contributed by atoms with Crippen molar-refractivity contribution < 1.29 is 13.6 Å². The highest BCUT2D eigenvalue weighted by molar-refractivity contribution is 7.12. The molecule has 210 valence electrons. The first-order chi connectivity index (χ1) is 18.0. The van der Waals surface area contributed by atoms with E-state index in [0.717, 1.165) is 37.5 Å². The molecular formula is C29H43F2N5OS. The number of thiophene rings is 1. The van der Waals surface area contributed by atoms with E-state index in [4.69, 9.17) is 0 Å². The molecule has 4 heterocycles. The van der Waals surface area contributed by atoms with Gasteiger partial charge in [-0.1, -0.05) is 13.8 Å². The molecule has 0 spiro atoms. The fraction of sp³-hybridized carbons (Fsp3) is 0.759. The number of carbonyl (C=O) groups is 1. The van der Waals surface area contributed by atoms with Crippen LogP contribution in [-0.4, -0.2) is 50.1 Å². The Bertz CT molecular complexity index is 1120. The number of hydrogen-bond acceptors (Lipinski definition) is 5. The van der Waals surface area contributed by atoms with Gasteiger partial charge in [0.15, 0.2) is 0 Å². The van der Waals surface area contributed by atoms with Gasteiger partial charge in [-0.2, -0.15) is 0 Å². The molecule has 3 aliphatic rings. The summed E-state index contributed by atoms with van der Waals surface area (Å²) in [6.07, 6.45) is 5.66. The van der Waals surface area contributed by atoms with Crippen molar-refractivity contribution >= 4 is 17.2 Å². The number of alkyl halides is 2. The minimum Gasteiger partial charge on any atom is -0.348 e. The van der Waals surface area contributed by atoms with E-state index in [0.29, 0.717) is 24.0 Å². The lowest BCUT2D eigenvalue weighted by Crippen LogP contribution is -2.45. The van der Waals surface area contributed by atoms with Crippen molar-refractivity contribution in [2.75, 3.05) is 6.54 Å². The van der Waals surface area contributed by atoms with E-state index >= 15 is 0 Å². The molecule has 2 aromatic rings. The lowest BCUT2D eigenvalue weighted by atomic mass is 9.86. The summed E-state index contributed by atoms with van der Waals surface area (Å²) in [6.45, 7) is 11.6. The highest BCUT2D eigenvalue weighted by Gasteiger charge is 2.43. The molecular weight excluding hydrogens is 504 g/mol. The second kappa shape index (κ2) is 11.0. The van der Waals surface area contributed by atoms with Crippen molar-refractivity contribution in [3.63, 3.8) is 0 Å². The fourth-order valence-electron chi connectivity index (χ4n) is 7.20. The Labute approximate surface area is 229 Å². The van der Waals surface area contributed by atoms with E-state index in [9.17, 15) is 13.6 Å². The Kier molecular flexibility index (Phi) is 7.98. The molecule has 2 bridgehead atoms. The van der Waals surface area contributed by atoms with Crippen LogP contribution in [-0.2, 0) is 4.79 Å². The molecule has 0 unspecified atom stereocenters. The largest absolute Gasteiger partial charge is 0.348 e. The van der Waals surface area contributed by atoms with Crippen molar-refractivity contribution in [1.82, 2.24) is 25.0 Å². The first kappa shape index (κ1) is 27.7. The second-order valence-electron chi connectivity index (χ2n) is 12.3. The predicted molar refractivity (Wildman–Crippen MR) is 147 cm³/mol. The lowest BCUT2D eigenvalue weighted by Gasteiger charge is -2.40. The number of nitrogens with one attached hydrogen (secondary N) is 1. The van der Waals surface area contributed by atoms with E-state index in [1.165, 1.54) is 28.2 Å². The van der Waals surface area contributed by atoms with Gasteiger partial charge in [-0.05, 0) is 77.3 Å². The molecule has 2 saturated heterocycles. The van der Waals surface area contributed by atoms with E-state index in [-0.39, 0.29) is 43.6 Å². The summed E-state index contributed by atoms with van der Waals surface area (Å²) in [7, 11) is 0. The Balaban J connectivity index is 1.26. The van der Waals surface area contributed by atoms with Gasteiger partial charge in [0.05, 0.1) is 6.04 Å². The Morgan fingerprint density at radius 1 is 1.08 bits per heavy atom. The van der Waals surface area contributed by atoms with Crippen LogP contribution in [0.3, 0.4) is 0 Å². The molecule has 2 aromatic heterocycles. The Morgan fingerprint density at radius 3 is 2.32 bits per heavy atom. The SMILES string of the molecule is Cc1cc(C)c([C@H](CCN2[C@@H]3CC[C@H]2C[C@H](n2c(C)nnc2C(C)C)C3)NC(=O)C2CCC(F)(F)CC2)s1. The van der Waals surface area contributed by atoms with Crippen molar-refractivity contribution in [1.29, 1.82) is 0 Å². The highest BCUT2D eigenvalue weighted by Crippen LogP contribution is 2.43. The summed E-state index contributed by atoms with van der Waals surface area (Å²) < 4.78 is 29.8. The molecule has 1 amide bonds. The van der Waals surface area contributed by atoms with E-state index in [1.807, 2.05) is 0 Å². The zero-order chi connectivity index (χ0) is 27.2. The molecule has 2 aliphatic heterocycles. The molecule has 4 atom stereocenters. The van der Waals surface area contributed by atoms with Crippen molar-refractivity contribution in [3.8, 4) is 0 Å². The van der Waals surface area contributed by atoms with Gasteiger partial charge in [0, 0.05) is 59.1 Å². The fourth-order valence-corrected chi connectivity index (χ4v) is 8.32. The van der Waals surface area contributed by atoms with Crippen LogP contribution in [0.4, 0.5) is 8.78 Å². The third-order valence-electron chi connectivity index (χ3n) is 9.11. The Morgan fingerprint density at radius 2 is 1.74 bits per heavy atom. The number of aromatic nitrogens is 3. The van der Waals surface area contributed by atoms with Gasteiger partial charge in [0.1, 0.15) is 11.6 Å². The highest BCUT2D eigenvalue weighted by atomic mass is 32.1. The molecule has 0 aromatic carbocycles. The van der Waals surface area contributed by atoms with Crippen molar-refractivity contribution in [3.05, 3.63) is 33.0 Å². The van der Waals surface area contributed by atoms with Crippen LogP contribution < -0.4 is 5.32 Å². The summed E-state index contributed by atoms with van der Waals surface area (Å²) in [5, 5.41) is 12.2. The molecule has 0 radical (unpaired) electrons. The number of amides is 1. The minimum absolute atomic E-state index is 0.0538. The summed E-state index contributed by atoms with van der Waals surface area (Å²) in [5.74, 6) is -0.534. The van der Waals surface area contributed by atoms with Gasteiger partial charge in [0.2, 0.25) is 11.8 Å². The molecule has 38 heavy (non-hydrogen) atoms. The standard InChI is InChI=1S/C29H43F2N5OS/c1-17(2)27-34-33-20(5)36(27)24-15-22-6-7-23(16-24)35(22)13-10-25(26-18(3)14-19(4)38-26)32-28(37)21-8-11-29(30,31)12-9-21/h14,17,21-25H,6-13,15-16H2,1-5H3,(H,32,37)/t22-,23+,24-,25-/m0/s1. The third kappa shape index (κ3) is 5.69. The van der Waals surface area contributed by atoms with Crippen LogP contribution in [0.2, 0.25) is 0 Å². The van der Waals surface area contributed by atoms with Crippen LogP contribution in [0.25, 0.3) is 0 Å². The maximum atomic E-state index is 13.7. The number of carbonyl (C=O) groups excluding carboxylic acids is 1. The maximum Gasteiger partial charge on any atom is 0.248 e. The van der Waals surface area contributed by atoms with E-state index in [1.54, 1.807) is 11.3 Å². The maximum absolute atomic E-state index is 13.7. The van der Waals surface area contributed by atoms with Gasteiger partial charge >= 0.3 is 0 Å². The molecule has 1 saturated carbocycles. The number of rotatable bonds is 8. The van der Waals surface area contributed by atoms with Gasteiger partial charge in [-0.3, -0.25) is 9.69 Å². The number of halogens is 2. The van der Waals surface area contributed by atoms with Gasteiger partial charge in [-0.15, -0.1) is 21.5 Å². The molecule has 6 nitrogen and oxygen atoms in total. The van der Waals surface area contributed by atoms with Crippen LogP contribution >= 0.6 is 11.3 Å². The van der Waals surface area contributed by atoms with Crippen LogP contribution in [0.5, 0.6) is 0 Å². The van der Waals surface area contributed by atoms with Crippen molar-refractivity contribution in [2.45, 2.75) is 128 Å². The molecule has 5 rings (SSSR count). The van der Waals surface area contributed by atoms with Gasteiger partial charge in [-0.25, -0.2) is 8.78 Å². The van der Waals surface area contributed by atoms with Crippen LogP contribution in [0, 0.1) is 26.7 Å². The first-order valence-electron chi connectivity index (χ1n) is 14.4. The number of piperidine rings is 1. The zero-order valence-corrected chi connectivity index (χ0v) is 24.3. The van der Waals surface area contributed by atoms with Gasteiger partial charge < -0.3 is 9.88 Å². The van der Waals surface area contributed by atoms with E-state index < -0.39 is 5.92 Å². The minimum atomic E-state index is -2.62. The number of fused-ring (bicyclic) bond motifs is 2. The normalized spacial score (nSPS) is 26.7. The number of hydrogen-bond donors (Lipinski definition) is 1. The van der Waals surface area contributed by atoms with Crippen LogP contribution in [0.15, 0.2) is 6.07 Å². The third-order valence-corrected chi connectivity index (χ3v) is 10.4. The quantitative estimate of drug-likeness (QED) is 0.403. The molecule has 1 N–H and O–H groups in total. The predicted octanol–water partition coefficient (Wildman–Crippen LogP) is 6.63. The summed E-state index contributed by atoms with van der Waals surface area (Å²) >= 11 is 1.75. The molecule has 9 heteroatoms. The summed E-state index contributed by atoms with van der Waals surface area (Å²) in [5.41, 5.74) is 1.21. The van der Waals surface area contributed by atoms with Gasteiger partial charge in [0.25, 0.3) is 0 Å². The summed E-state index contributed by atoms with van der Waals surface area (Å²) in [6, 6.07) is 3.61. The topological polar surface area (TPSA) is 63.1 Å². The average molecular weight is 548 g/mol. The molecule has 1 aliphatic carbocycles. The first-order valence-corrected chi connectivity index (χ1v) is 15.3. The monoisotopic (exact) mass is 547 g/mol. The smallest absolute Gasteiger partial charge is 0.248 e. The zero-order valence-electron chi connectivity index (χ0n) is 23.5. The Hall–Kier alpha value is -1.87. The molecule has 3 fully saturated rings. The van der Waals surface area contributed by atoms with Crippen LogP contribution in [0.1, 0.15) is 117 Å². The second-order valence-corrected chi connectivity index (χ2v) is 13.6.